The second kappa shape index (κ2) is 7.16. The van der Waals surface area contributed by atoms with E-state index in [9.17, 15) is 9.59 Å². The molecular weight excluding hydrogens is 326 g/mol. The molecule has 26 heavy (non-hydrogen) atoms. The van der Waals surface area contributed by atoms with Crippen LogP contribution in [0.25, 0.3) is 22.3 Å². The highest BCUT2D eigenvalue weighted by Crippen LogP contribution is 2.27. The van der Waals surface area contributed by atoms with Crippen LogP contribution in [0.15, 0.2) is 57.7 Å². The Bertz CT molecular complexity index is 1000. The fourth-order valence-corrected chi connectivity index (χ4v) is 3.18. The smallest absolute Gasteiger partial charge is 0.257 e. The van der Waals surface area contributed by atoms with Crippen LogP contribution in [0.3, 0.4) is 0 Å². The first-order valence-electron chi connectivity index (χ1n) is 8.77. The molecule has 1 aromatic heterocycles. The highest BCUT2D eigenvalue weighted by Gasteiger charge is 2.20. The van der Waals surface area contributed by atoms with Crippen molar-refractivity contribution in [1.82, 2.24) is 4.90 Å². The summed E-state index contributed by atoms with van der Waals surface area (Å²) in [5.41, 5.74) is 2.03. The molecule has 0 aliphatic carbocycles. The quantitative estimate of drug-likeness (QED) is 0.697. The highest BCUT2D eigenvalue weighted by molar-refractivity contribution is 6.05. The number of carbonyl (C=O) groups excluding carboxylic acids is 1. The van der Waals surface area contributed by atoms with Crippen molar-refractivity contribution in [2.24, 2.45) is 5.92 Å². The van der Waals surface area contributed by atoms with Crippen molar-refractivity contribution in [2.45, 2.75) is 20.8 Å². The van der Waals surface area contributed by atoms with Gasteiger partial charge >= 0.3 is 0 Å². The SMILES string of the molecule is Cc1c(-c2ccccc2)oc2c(C(=O)N(C)CC(C)C)cccc2c1=O. The van der Waals surface area contributed by atoms with E-state index in [1.165, 1.54) is 0 Å². The van der Waals surface area contributed by atoms with Crippen molar-refractivity contribution < 1.29 is 9.21 Å². The minimum atomic E-state index is -0.143. The average molecular weight is 349 g/mol. The van der Waals surface area contributed by atoms with Crippen LogP contribution in [0.1, 0.15) is 29.8 Å². The van der Waals surface area contributed by atoms with Crippen molar-refractivity contribution >= 4 is 16.9 Å². The Hall–Kier alpha value is -2.88. The number of carbonyl (C=O) groups is 1. The fraction of sp³-hybridized carbons (Fsp3) is 0.273. The van der Waals surface area contributed by atoms with Crippen molar-refractivity contribution in [3.8, 4) is 11.3 Å². The van der Waals surface area contributed by atoms with E-state index in [2.05, 4.69) is 13.8 Å². The van der Waals surface area contributed by atoms with Gasteiger partial charge in [0.25, 0.3) is 5.91 Å². The zero-order chi connectivity index (χ0) is 18.8. The lowest BCUT2D eigenvalue weighted by Crippen LogP contribution is -2.30. The molecule has 3 aromatic rings. The molecule has 0 aliphatic heterocycles. The molecule has 0 N–H and O–H groups in total. The number of benzene rings is 2. The van der Waals surface area contributed by atoms with Gasteiger partial charge in [-0.3, -0.25) is 9.59 Å². The summed E-state index contributed by atoms with van der Waals surface area (Å²) >= 11 is 0. The first kappa shape index (κ1) is 17.9. The molecule has 0 spiro atoms. The van der Waals surface area contributed by atoms with E-state index in [-0.39, 0.29) is 11.3 Å². The molecule has 0 unspecified atom stereocenters. The normalized spacial score (nSPS) is 11.1. The zero-order valence-electron chi connectivity index (χ0n) is 15.6. The number of amides is 1. The summed E-state index contributed by atoms with van der Waals surface area (Å²) in [4.78, 5) is 27.4. The number of fused-ring (bicyclic) bond motifs is 1. The van der Waals surface area contributed by atoms with Gasteiger partial charge in [0.2, 0.25) is 0 Å². The van der Waals surface area contributed by atoms with Gasteiger partial charge in [0, 0.05) is 24.7 Å². The third-order valence-electron chi connectivity index (χ3n) is 4.40. The molecule has 0 aliphatic rings. The summed E-state index contributed by atoms with van der Waals surface area (Å²) in [6.45, 7) is 6.51. The van der Waals surface area contributed by atoms with Crippen LogP contribution < -0.4 is 5.43 Å². The molecule has 0 radical (unpaired) electrons. The molecule has 3 rings (SSSR count). The molecule has 1 amide bonds. The monoisotopic (exact) mass is 349 g/mol. The molecule has 0 saturated carbocycles. The molecule has 4 heteroatoms. The average Bonchev–Trinajstić information content (AvgIpc) is 2.63. The maximum atomic E-state index is 12.9. The molecule has 1 heterocycles. The summed E-state index contributed by atoms with van der Waals surface area (Å²) < 4.78 is 6.12. The molecular formula is C22H23NO3. The molecule has 2 aromatic carbocycles. The predicted octanol–water partition coefficient (Wildman–Crippen LogP) is 4.50. The first-order chi connectivity index (χ1) is 12.4. The number of hydrogen-bond acceptors (Lipinski definition) is 3. The summed E-state index contributed by atoms with van der Waals surface area (Å²) in [7, 11) is 1.77. The van der Waals surface area contributed by atoms with Crippen LogP contribution in [0.2, 0.25) is 0 Å². The van der Waals surface area contributed by atoms with E-state index < -0.39 is 0 Å². The summed E-state index contributed by atoms with van der Waals surface area (Å²) in [5.74, 6) is 0.721. The van der Waals surface area contributed by atoms with Crippen molar-refractivity contribution in [3.05, 3.63) is 69.9 Å². The number of hydrogen-bond donors (Lipinski definition) is 0. The molecule has 134 valence electrons. The zero-order valence-corrected chi connectivity index (χ0v) is 15.6. The largest absolute Gasteiger partial charge is 0.455 e. The summed E-state index contributed by atoms with van der Waals surface area (Å²) in [6.07, 6.45) is 0. The van der Waals surface area contributed by atoms with Crippen molar-refractivity contribution in [2.75, 3.05) is 13.6 Å². The van der Waals surface area contributed by atoms with Crippen molar-refractivity contribution in [1.29, 1.82) is 0 Å². The van der Waals surface area contributed by atoms with Gasteiger partial charge in [-0.05, 0) is 25.0 Å². The van der Waals surface area contributed by atoms with Gasteiger partial charge in [0.05, 0.1) is 10.9 Å². The first-order valence-corrected chi connectivity index (χ1v) is 8.77. The van der Waals surface area contributed by atoms with Gasteiger partial charge in [-0.1, -0.05) is 50.2 Å². The third-order valence-corrected chi connectivity index (χ3v) is 4.40. The standard InChI is InChI=1S/C22H23NO3/c1-14(2)13-23(4)22(25)18-12-8-11-17-19(24)15(3)20(26-21(17)18)16-9-6-5-7-10-16/h5-12,14H,13H2,1-4H3. The van der Waals surface area contributed by atoms with Crippen LogP contribution in [0, 0.1) is 12.8 Å². The third kappa shape index (κ3) is 3.27. The Labute approximate surface area is 153 Å². The lowest BCUT2D eigenvalue weighted by Gasteiger charge is -2.20. The second-order valence-corrected chi connectivity index (χ2v) is 7.01. The van der Waals surface area contributed by atoms with Crippen molar-refractivity contribution in [3.63, 3.8) is 0 Å². The Morgan fingerprint density at radius 1 is 1.08 bits per heavy atom. The molecule has 4 nitrogen and oxygen atoms in total. The van der Waals surface area contributed by atoms with E-state index >= 15 is 0 Å². The summed E-state index contributed by atoms with van der Waals surface area (Å²) in [5, 5.41) is 0.436. The molecule has 0 bridgehead atoms. The van der Waals surface area contributed by atoms with E-state index in [0.29, 0.717) is 40.3 Å². The Balaban J connectivity index is 2.22. The van der Waals surface area contributed by atoms with Gasteiger partial charge < -0.3 is 9.32 Å². The number of nitrogens with zero attached hydrogens (tertiary/aromatic N) is 1. The summed E-state index contributed by atoms with van der Waals surface area (Å²) in [6, 6.07) is 14.7. The van der Waals surface area contributed by atoms with Crippen LogP contribution >= 0.6 is 0 Å². The molecule has 0 saturated heterocycles. The molecule has 0 fully saturated rings. The topological polar surface area (TPSA) is 50.5 Å². The van der Waals surface area contributed by atoms with Crippen LogP contribution in [-0.2, 0) is 0 Å². The predicted molar refractivity (Wildman–Crippen MR) is 104 cm³/mol. The number of rotatable bonds is 4. The van der Waals surface area contributed by atoms with Crippen LogP contribution in [0.5, 0.6) is 0 Å². The van der Waals surface area contributed by atoms with E-state index in [4.69, 9.17) is 4.42 Å². The maximum absolute atomic E-state index is 12.9. The number of para-hydroxylation sites is 1. The fourth-order valence-electron chi connectivity index (χ4n) is 3.18. The Morgan fingerprint density at radius 3 is 2.42 bits per heavy atom. The van der Waals surface area contributed by atoms with Gasteiger partial charge in [0.15, 0.2) is 11.0 Å². The maximum Gasteiger partial charge on any atom is 0.257 e. The Kier molecular flexibility index (Phi) is 4.94. The van der Waals surface area contributed by atoms with Gasteiger partial charge in [-0.2, -0.15) is 0 Å². The van der Waals surface area contributed by atoms with Crippen LogP contribution in [0.4, 0.5) is 0 Å². The minimum absolute atomic E-state index is 0.105. The second-order valence-electron chi connectivity index (χ2n) is 7.01. The van der Waals surface area contributed by atoms with E-state index in [1.54, 1.807) is 37.1 Å². The van der Waals surface area contributed by atoms with Gasteiger partial charge in [0.1, 0.15) is 5.76 Å². The van der Waals surface area contributed by atoms with E-state index in [0.717, 1.165) is 5.56 Å². The van der Waals surface area contributed by atoms with E-state index in [1.807, 2.05) is 30.3 Å². The minimum Gasteiger partial charge on any atom is -0.455 e. The lowest BCUT2D eigenvalue weighted by atomic mass is 10.0. The Morgan fingerprint density at radius 2 is 1.77 bits per heavy atom. The highest BCUT2D eigenvalue weighted by atomic mass is 16.3. The lowest BCUT2D eigenvalue weighted by molar-refractivity contribution is 0.0780. The van der Waals surface area contributed by atoms with Gasteiger partial charge in [-0.15, -0.1) is 0 Å². The van der Waals surface area contributed by atoms with Gasteiger partial charge in [-0.25, -0.2) is 0 Å². The van der Waals surface area contributed by atoms with Crippen LogP contribution in [-0.4, -0.2) is 24.4 Å². The molecule has 0 atom stereocenters.